The molecule has 0 aliphatic rings. The summed E-state index contributed by atoms with van der Waals surface area (Å²) in [5.74, 6) is 2.10. The average Bonchev–Trinajstić information content (AvgIpc) is 2.96. The highest BCUT2D eigenvalue weighted by atomic mass is 16.5. The van der Waals surface area contributed by atoms with E-state index in [1.165, 1.54) is 0 Å². The largest absolute Gasteiger partial charge is 0.496 e. The summed E-state index contributed by atoms with van der Waals surface area (Å²) in [6.07, 6.45) is 4.95. The van der Waals surface area contributed by atoms with Crippen LogP contribution in [0, 0.1) is 0 Å². The number of ether oxygens (including phenoxy) is 2. The van der Waals surface area contributed by atoms with E-state index in [9.17, 15) is 0 Å². The second-order valence-electron chi connectivity index (χ2n) is 4.34. The summed E-state index contributed by atoms with van der Waals surface area (Å²) in [5.41, 5.74) is 2.43. The minimum absolute atomic E-state index is 0.449. The lowest BCUT2D eigenvalue weighted by Crippen LogP contribution is -1.95. The molecule has 0 radical (unpaired) electrons. The molecule has 2 heterocycles. The summed E-state index contributed by atoms with van der Waals surface area (Å²) < 4.78 is 10.9. The van der Waals surface area contributed by atoms with Gasteiger partial charge in [-0.1, -0.05) is 12.7 Å². The Morgan fingerprint density at radius 3 is 2.90 bits per heavy atom. The number of aromatic nitrogens is 4. The van der Waals surface area contributed by atoms with Crippen molar-refractivity contribution in [3.05, 3.63) is 43.2 Å². The molecule has 0 aliphatic heterocycles. The van der Waals surface area contributed by atoms with Gasteiger partial charge in [0.15, 0.2) is 0 Å². The van der Waals surface area contributed by atoms with Gasteiger partial charge < -0.3 is 14.5 Å². The Morgan fingerprint density at radius 2 is 2.14 bits per heavy atom. The van der Waals surface area contributed by atoms with E-state index in [0.717, 1.165) is 22.3 Å². The van der Waals surface area contributed by atoms with Crippen LogP contribution in [0.2, 0.25) is 0 Å². The normalized spacial score (nSPS) is 10.5. The maximum Gasteiger partial charge on any atom is 0.142 e. The number of fused-ring (bicyclic) bond motifs is 1. The van der Waals surface area contributed by atoms with Crippen molar-refractivity contribution >= 4 is 11.0 Å². The standard InChI is InChI=1S/C15H14N4O2/c1-3-6-21-10-4-5-11(14(7-10)20-2)15-18-12-8-16-17-9-13(12)19-15/h3-5,7-9H,1,6H2,2H3,(H,18,19). The molecule has 1 N–H and O–H groups in total. The topological polar surface area (TPSA) is 72.9 Å². The first kappa shape index (κ1) is 13.1. The number of aromatic amines is 1. The van der Waals surface area contributed by atoms with E-state index in [4.69, 9.17) is 9.47 Å². The van der Waals surface area contributed by atoms with Crippen LogP contribution in [0.5, 0.6) is 11.5 Å². The van der Waals surface area contributed by atoms with Gasteiger partial charge in [-0.15, -0.1) is 0 Å². The molecule has 6 nitrogen and oxygen atoms in total. The number of hydrogen-bond acceptors (Lipinski definition) is 5. The van der Waals surface area contributed by atoms with Crippen molar-refractivity contribution < 1.29 is 9.47 Å². The lowest BCUT2D eigenvalue weighted by Gasteiger charge is -2.09. The van der Waals surface area contributed by atoms with Gasteiger partial charge in [0.05, 0.1) is 30.6 Å². The summed E-state index contributed by atoms with van der Waals surface area (Å²) in [5, 5.41) is 7.65. The molecule has 1 aromatic carbocycles. The van der Waals surface area contributed by atoms with E-state index in [0.29, 0.717) is 18.2 Å². The van der Waals surface area contributed by atoms with E-state index in [-0.39, 0.29) is 0 Å². The van der Waals surface area contributed by atoms with Gasteiger partial charge in [0, 0.05) is 6.07 Å². The van der Waals surface area contributed by atoms with Gasteiger partial charge in [-0.2, -0.15) is 10.2 Å². The van der Waals surface area contributed by atoms with E-state index in [1.54, 1.807) is 25.6 Å². The van der Waals surface area contributed by atoms with Crippen molar-refractivity contribution in [2.24, 2.45) is 0 Å². The quantitative estimate of drug-likeness (QED) is 0.728. The third kappa shape index (κ3) is 2.55. The van der Waals surface area contributed by atoms with Crippen LogP contribution < -0.4 is 9.47 Å². The molecular formula is C15H14N4O2. The van der Waals surface area contributed by atoms with Gasteiger partial charge >= 0.3 is 0 Å². The van der Waals surface area contributed by atoms with Crippen LogP contribution in [0.4, 0.5) is 0 Å². The molecule has 0 saturated heterocycles. The number of nitrogens with zero attached hydrogens (tertiary/aromatic N) is 3. The highest BCUT2D eigenvalue weighted by molar-refractivity contribution is 5.79. The van der Waals surface area contributed by atoms with Gasteiger partial charge in [0.2, 0.25) is 0 Å². The number of benzene rings is 1. The molecule has 0 bridgehead atoms. The monoisotopic (exact) mass is 282 g/mol. The highest BCUT2D eigenvalue weighted by Crippen LogP contribution is 2.32. The highest BCUT2D eigenvalue weighted by Gasteiger charge is 2.12. The van der Waals surface area contributed by atoms with Crippen LogP contribution in [-0.2, 0) is 0 Å². The molecular weight excluding hydrogens is 268 g/mol. The number of hydrogen-bond donors (Lipinski definition) is 1. The number of rotatable bonds is 5. The van der Waals surface area contributed by atoms with Crippen LogP contribution in [0.15, 0.2) is 43.2 Å². The smallest absolute Gasteiger partial charge is 0.142 e. The summed E-state index contributed by atoms with van der Waals surface area (Å²) in [7, 11) is 1.61. The molecule has 0 saturated carbocycles. The second-order valence-corrected chi connectivity index (χ2v) is 4.34. The Labute approximate surface area is 121 Å². The van der Waals surface area contributed by atoms with Crippen LogP contribution in [0.1, 0.15) is 0 Å². The number of H-pyrrole nitrogens is 1. The van der Waals surface area contributed by atoms with Gasteiger partial charge in [0.25, 0.3) is 0 Å². The van der Waals surface area contributed by atoms with Crippen molar-refractivity contribution in [3.63, 3.8) is 0 Å². The zero-order chi connectivity index (χ0) is 14.7. The zero-order valence-electron chi connectivity index (χ0n) is 11.5. The predicted octanol–water partition coefficient (Wildman–Crippen LogP) is 2.59. The predicted molar refractivity (Wildman–Crippen MR) is 79.4 cm³/mol. The van der Waals surface area contributed by atoms with Crippen molar-refractivity contribution in [1.82, 2.24) is 20.2 Å². The summed E-state index contributed by atoms with van der Waals surface area (Å²) in [4.78, 5) is 7.69. The second kappa shape index (κ2) is 5.62. The maximum absolute atomic E-state index is 5.50. The molecule has 0 amide bonds. The Bertz CT molecular complexity index is 749. The average molecular weight is 282 g/mol. The van der Waals surface area contributed by atoms with Crippen molar-refractivity contribution in [3.8, 4) is 22.9 Å². The van der Waals surface area contributed by atoms with E-state index in [1.807, 2.05) is 18.2 Å². The molecule has 21 heavy (non-hydrogen) atoms. The minimum atomic E-state index is 0.449. The Balaban J connectivity index is 2.02. The number of imidazole rings is 1. The van der Waals surface area contributed by atoms with Crippen molar-refractivity contribution in [1.29, 1.82) is 0 Å². The number of nitrogens with one attached hydrogen (secondary N) is 1. The van der Waals surface area contributed by atoms with Crippen LogP contribution in [0.3, 0.4) is 0 Å². The van der Waals surface area contributed by atoms with Gasteiger partial charge in [-0.25, -0.2) is 4.98 Å². The van der Waals surface area contributed by atoms with Crippen molar-refractivity contribution in [2.45, 2.75) is 0 Å². The minimum Gasteiger partial charge on any atom is -0.496 e. The molecule has 106 valence electrons. The SMILES string of the molecule is C=CCOc1ccc(-c2nc3cnncc3[nH]2)c(OC)c1. The molecule has 2 aromatic heterocycles. The number of methoxy groups -OCH3 is 1. The van der Waals surface area contributed by atoms with Crippen molar-refractivity contribution in [2.75, 3.05) is 13.7 Å². The van der Waals surface area contributed by atoms with Gasteiger partial charge in [-0.05, 0) is 12.1 Å². The Hall–Kier alpha value is -2.89. The van der Waals surface area contributed by atoms with Crippen LogP contribution >= 0.6 is 0 Å². The van der Waals surface area contributed by atoms with Crippen LogP contribution in [-0.4, -0.2) is 33.9 Å². The van der Waals surface area contributed by atoms with Crippen LogP contribution in [0.25, 0.3) is 22.4 Å². The first-order chi connectivity index (χ1) is 10.3. The van der Waals surface area contributed by atoms with Gasteiger partial charge in [0.1, 0.15) is 29.4 Å². The van der Waals surface area contributed by atoms with E-state index >= 15 is 0 Å². The summed E-state index contributed by atoms with van der Waals surface area (Å²) in [6.45, 7) is 4.07. The fourth-order valence-electron chi connectivity index (χ4n) is 2.02. The van der Waals surface area contributed by atoms with Gasteiger partial charge in [-0.3, -0.25) is 0 Å². The lowest BCUT2D eigenvalue weighted by molar-refractivity contribution is 0.357. The third-order valence-corrected chi connectivity index (χ3v) is 2.99. The van der Waals surface area contributed by atoms with E-state index < -0.39 is 0 Å². The van der Waals surface area contributed by atoms with E-state index in [2.05, 4.69) is 26.7 Å². The lowest BCUT2D eigenvalue weighted by atomic mass is 10.2. The summed E-state index contributed by atoms with van der Waals surface area (Å²) in [6, 6.07) is 5.59. The fraction of sp³-hybridized carbons (Fsp3) is 0.133. The molecule has 0 atom stereocenters. The first-order valence-electron chi connectivity index (χ1n) is 6.40. The molecule has 0 fully saturated rings. The maximum atomic E-state index is 5.50. The zero-order valence-corrected chi connectivity index (χ0v) is 11.5. The molecule has 0 aliphatic carbocycles. The summed E-state index contributed by atoms with van der Waals surface area (Å²) >= 11 is 0. The molecule has 0 unspecified atom stereocenters. The molecule has 3 rings (SSSR count). The first-order valence-corrected chi connectivity index (χ1v) is 6.40. The Morgan fingerprint density at radius 1 is 1.29 bits per heavy atom. The third-order valence-electron chi connectivity index (χ3n) is 2.99. The molecule has 3 aromatic rings. The Kier molecular flexibility index (Phi) is 3.51. The molecule has 6 heteroatoms. The molecule has 0 spiro atoms. The fourth-order valence-corrected chi connectivity index (χ4v) is 2.02.